The summed E-state index contributed by atoms with van der Waals surface area (Å²) in [6.07, 6.45) is 1.63. The molecular weight excluding hydrogens is 254 g/mol. The van der Waals surface area contributed by atoms with Gasteiger partial charge < -0.3 is 15.2 Å². The van der Waals surface area contributed by atoms with Gasteiger partial charge in [0.2, 0.25) is 0 Å². The Balaban J connectivity index is 2.79. The van der Waals surface area contributed by atoms with Crippen LogP contribution < -0.4 is 15.2 Å². The minimum atomic E-state index is 0.459. The maximum atomic E-state index is 6.19. The Kier molecular flexibility index (Phi) is 3.34. The first-order valence-electron chi connectivity index (χ1n) is 5.30. The molecule has 0 unspecified atom stereocenters. The number of rotatable bonds is 3. The average molecular weight is 268 g/mol. The summed E-state index contributed by atoms with van der Waals surface area (Å²) < 4.78 is 10.7. The minimum Gasteiger partial charge on any atom is -0.493 e. The van der Waals surface area contributed by atoms with E-state index in [2.05, 4.69) is 10.2 Å². The lowest BCUT2D eigenvalue weighted by Gasteiger charge is -2.16. The zero-order valence-electron chi connectivity index (χ0n) is 10.4. The largest absolute Gasteiger partial charge is 0.493 e. The van der Waals surface area contributed by atoms with Crippen molar-refractivity contribution in [3.05, 3.63) is 22.8 Å². The van der Waals surface area contributed by atoms with Gasteiger partial charge in [-0.2, -0.15) is 5.10 Å². The van der Waals surface area contributed by atoms with Gasteiger partial charge in [-0.25, -0.2) is 0 Å². The fraction of sp³-hybridized carbons (Fsp3) is 0.250. The van der Waals surface area contributed by atoms with Gasteiger partial charge in [-0.05, 0) is 12.5 Å². The number of ether oxygens (including phenoxy) is 2. The fourth-order valence-electron chi connectivity index (χ4n) is 1.88. The number of aromatic amines is 1. The second-order valence-corrected chi connectivity index (χ2v) is 4.20. The number of methoxy groups -OCH3 is 2. The third-order valence-electron chi connectivity index (χ3n) is 2.80. The summed E-state index contributed by atoms with van der Waals surface area (Å²) in [7, 11) is 3.14. The standard InChI is InChI=1S/C12H14ClN3O2/c1-6-8(13)4-9(17-2)11(18-3)10(6)7-5-15-16-12(7)14/h4-5H,1-3H3,(H3,14,15,16). The molecule has 0 fully saturated rings. The van der Waals surface area contributed by atoms with Gasteiger partial charge in [0.05, 0.1) is 20.4 Å². The highest BCUT2D eigenvalue weighted by Crippen LogP contribution is 2.44. The Morgan fingerprint density at radius 1 is 1.33 bits per heavy atom. The van der Waals surface area contributed by atoms with Crippen molar-refractivity contribution in [1.82, 2.24) is 10.2 Å². The molecular formula is C12H14ClN3O2. The van der Waals surface area contributed by atoms with Crippen molar-refractivity contribution < 1.29 is 9.47 Å². The van der Waals surface area contributed by atoms with E-state index in [1.54, 1.807) is 26.5 Å². The van der Waals surface area contributed by atoms with E-state index >= 15 is 0 Å². The topological polar surface area (TPSA) is 73.2 Å². The lowest BCUT2D eigenvalue weighted by atomic mass is 10.0. The number of anilines is 1. The molecule has 0 aliphatic carbocycles. The fourth-order valence-corrected chi connectivity index (χ4v) is 2.07. The molecule has 5 nitrogen and oxygen atoms in total. The van der Waals surface area contributed by atoms with Crippen molar-refractivity contribution in [3.63, 3.8) is 0 Å². The van der Waals surface area contributed by atoms with Crippen LogP contribution in [0.25, 0.3) is 11.1 Å². The van der Waals surface area contributed by atoms with Crippen LogP contribution in [0.2, 0.25) is 5.02 Å². The van der Waals surface area contributed by atoms with E-state index in [-0.39, 0.29) is 0 Å². The predicted molar refractivity (Wildman–Crippen MR) is 71.3 cm³/mol. The van der Waals surface area contributed by atoms with E-state index in [9.17, 15) is 0 Å². The summed E-state index contributed by atoms with van der Waals surface area (Å²) in [5, 5.41) is 7.19. The lowest BCUT2D eigenvalue weighted by Crippen LogP contribution is -1.98. The predicted octanol–water partition coefficient (Wildman–Crippen LogP) is 2.64. The first-order chi connectivity index (χ1) is 8.60. The van der Waals surface area contributed by atoms with Crippen LogP contribution in [-0.4, -0.2) is 24.4 Å². The molecule has 2 rings (SSSR count). The van der Waals surface area contributed by atoms with Crippen molar-refractivity contribution in [1.29, 1.82) is 0 Å². The van der Waals surface area contributed by atoms with Gasteiger partial charge in [0, 0.05) is 22.2 Å². The molecule has 1 aromatic heterocycles. The zero-order chi connectivity index (χ0) is 13.3. The van der Waals surface area contributed by atoms with E-state index in [1.165, 1.54) is 0 Å². The summed E-state index contributed by atoms with van der Waals surface area (Å²) in [6.45, 7) is 1.89. The van der Waals surface area contributed by atoms with Crippen molar-refractivity contribution in [2.75, 3.05) is 20.0 Å². The van der Waals surface area contributed by atoms with Crippen molar-refractivity contribution >= 4 is 17.4 Å². The van der Waals surface area contributed by atoms with Crippen LogP contribution in [0, 0.1) is 6.92 Å². The molecule has 1 aromatic carbocycles. The molecule has 3 N–H and O–H groups in total. The molecule has 6 heteroatoms. The van der Waals surface area contributed by atoms with Gasteiger partial charge in [-0.1, -0.05) is 11.6 Å². The SMILES string of the molecule is COc1cc(Cl)c(C)c(-c2cn[nH]c2N)c1OC. The van der Waals surface area contributed by atoms with Crippen molar-refractivity contribution in [3.8, 4) is 22.6 Å². The number of H-pyrrole nitrogens is 1. The maximum Gasteiger partial charge on any atom is 0.169 e. The molecule has 0 saturated heterocycles. The van der Waals surface area contributed by atoms with E-state index < -0.39 is 0 Å². The summed E-state index contributed by atoms with van der Waals surface area (Å²) in [5.74, 6) is 1.61. The molecule has 96 valence electrons. The number of nitrogens with zero attached hydrogens (tertiary/aromatic N) is 1. The van der Waals surface area contributed by atoms with Crippen LogP contribution in [0.3, 0.4) is 0 Å². The molecule has 1 heterocycles. The molecule has 0 spiro atoms. The molecule has 2 aromatic rings. The molecule has 0 aliphatic rings. The van der Waals surface area contributed by atoms with Gasteiger partial charge in [-0.3, -0.25) is 5.10 Å². The summed E-state index contributed by atoms with van der Waals surface area (Å²) in [4.78, 5) is 0. The van der Waals surface area contributed by atoms with Crippen LogP contribution in [0.15, 0.2) is 12.3 Å². The Morgan fingerprint density at radius 3 is 2.56 bits per heavy atom. The highest BCUT2D eigenvalue weighted by atomic mass is 35.5. The van der Waals surface area contributed by atoms with Gasteiger partial charge in [0.1, 0.15) is 5.82 Å². The Hall–Kier alpha value is -1.88. The van der Waals surface area contributed by atoms with Crippen LogP contribution in [-0.2, 0) is 0 Å². The van der Waals surface area contributed by atoms with Crippen LogP contribution >= 0.6 is 11.6 Å². The van der Waals surface area contributed by atoms with E-state index in [1.807, 2.05) is 6.92 Å². The third kappa shape index (κ3) is 1.86. The number of benzene rings is 1. The van der Waals surface area contributed by atoms with Gasteiger partial charge in [-0.15, -0.1) is 0 Å². The number of aromatic nitrogens is 2. The van der Waals surface area contributed by atoms with Gasteiger partial charge in [0.25, 0.3) is 0 Å². The van der Waals surface area contributed by atoms with Crippen LogP contribution in [0.4, 0.5) is 5.82 Å². The van der Waals surface area contributed by atoms with Crippen molar-refractivity contribution in [2.24, 2.45) is 0 Å². The number of hydrogen-bond acceptors (Lipinski definition) is 4. The van der Waals surface area contributed by atoms with E-state index in [0.29, 0.717) is 22.3 Å². The smallest absolute Gasteiger partial charge is 0.169 e. The highest BCUT2D eigenvalue weighted by molar-refractivity contribution is 6.32. The first kappa shape index (κ1) is 12.6. The molecule has 0 bridgehead atoms. The number of hydrogen-bond donors (Lipinski definition) is 2. The van der Waals surface area contributed by atoms with E-state index in [0.717, 1.165) is 16.7 Å². The Labute approximate surface area is 110 Å². The van der Waals surface area contributed by atoms with Gasteiger partial charge in [0.15, 0.2) is 11.5 Å². The number of nitrogens with one attached hydrogen (secondary N) is 1. The summed E-state index contributed by atoms with van der Waals surface area (Å²) >= 11 is 6.19. The molecule has 0 saturated carbocycles. The van der Waals surface area contributed by atoms with Gasteiger partial charge >= 0.3 is 0 Å². The Morgan fingerprint density at radius 2 is 2.06 bits per heavy atom. The Bertz CT molecular complexity index is 581. The first-order valence-corrected chi connectivity index (χ1v) is 5.68. The third-order valence-corrected chi connectivity index (χ3v) is 3.20. The number of nitrogen functional groups attached to an aromatic ring is 1. The quantitative estimate of drug-likeness (QED) is 0.897. The lowest BCUT2D eigenvalue weighted by molar-refractivity contribution is 0.356. The molecule has 0 aliphatic heterocycles. The molecule has 0 atom stereocenters. The summed E-state index contributed by atoms with van der Waals surface area (Å²) in [5.41, 5.74) is 8.24. The minimum absolute atomic E-state index is 0.459. The van der Waals surface area contributed by atoms with E-state index in [4.69, 9.17) is 26.8 Å². The highest BCUT2D eigenvalue weighted by Gasteiger charge is 2.20. The number of halogens is 1. The van der Waals surface area contributed by atoms with Crippen LogP contribution in [0.5, 0.6) is 11.5 Å². The second kappa shape index (κ2) is 4.78. The zero-order valence-corrected chi connectivity index (χ0v) is 11.1. The monoisotopic (exact) mass is 267 g/mol. The molecule has 0 amide bonds. The summed E-state index contributed by atoms with van der Waals surface area (Å²) in [6, 6.07) is 1.72. The molecule has 18 heavy (non-hydrogen) atoms. The van der Waals surface area contributed by atoms with Crippen molar-refractivity contribution in [2.45, 2.75) is 6.92 Å². The van der Waals surface area contributed by atoms with Crippen LogP contribution in [0.1, 0.15) is 5.56 Å². The average Bonchev–Trinajstić information content (AvgIpc) is 2.78. The number of nitrogens with two attached hydrogens (primary N) is 1. The second-order valence-electron chi connectivity index (χ2n) is 3.79. The maximum absolute atomic E-state index is 6.19. The molecule has 0 radical (unpaired) electrons. The normalized spacial score (nSPS) is 10.4.